The summed E-state index contributed by atoms with van der Waals surface area (Å²) in [4.78, 5) is 0. The average Bonchev–Trinajstić information content (AvgIpc) is 2.90. The molecular formula is C15H18O2S. The molecule has 18 heavy (non-hydrogen) atoms. The van der Waals surface area contributed by atoms with Crippen LogP contribution in [-0.2, 0) is 6.42 Å². The van der Waals surface area contributed by atoms with Gasteiger partial charge in [-0.1, -0.05) is 12.1 Å². The van der Waals surface area contributed by atoms with Crippen molar-refractivity contribution in [1.29, 1.82) is 0 Å². The highest BCUT2D eigenvalue weighted by Gasteiger charge is 2.08. The zero-order chi connectivity index (χ0) is 12.8. The van der Waals surface area contributed by atoms with E-state index >= 15 is 0 Å². The number of hydrogen-bond donors (Lipinski definition) is 1. The molecule has 1 heterocycles. The van der Waals surface area contributed by atoms with E-state index in [9.17, 15) is 5.11 Å². The van der Waals surface area contributed by atoms with Gasteiger partial charge in [0.1, 0.15) is 5.75 Å². The van der Waals surface area contributed by atoms with E-state index in [-0.39, 0.29) is 0 Å². The fourth-order valence-corrected chi connectivity index (χ4v) is 2.56. The molecule has 1 unspecified atom stereocenters. The average molecular weight is 262 g/mol. The lowest BCUT2D eigenvalue weighted by molar-refractivity contribution is 0.168. The van der Waals surface area contributed by atoms with Crippen molar-refractivity contribution < 1.29 is 9.84 Å². The molecule has 0 spiro atoms. The molecule has 0 amide bonds. The normalized spacial score (nSPS) is 12.3. The highest BCUT2D eigenvalue weighted by atomic mass is 32.1. The number of ether oxygens (including phenoxy) is 1. The summed E-state index contributed by atoms with van der Waals surface area (Å²) in [6.45, 7) is 2.63. The summed E-state index contributed by atoms with van der Waals surface area (Å²) in [5.74, 6) is 0.853. The van der Waals surface area contributed by atoms with Crippen LogP contribution in [0.15, 0.2) is 41.1 Å². The molecule has 0 fully saturated rings. The molecule has 1 atom stereocenters. The molecule has 2 nitrogen and oxygen atoms in total. The van der Waals surface area contributed by atoms with Crippen molar-refractivity contribution in [2.45, 2.75) is 25.9 Å². The van der Waals surface area contributed by atoms with Crippen LogP contribution in [0.25, 0.3) is 0 Å². The maximum Gasteiger partial charge on any atom is 0.119 e. The van der Waals surface area contributed by atoms with Crippen LogP contribution >= 0.6 is 11.3 Å². The molecule has 2 rings (SSSR count). The third-order valence-corrected chi connectivity index (χ3v) is 3.59. The molecule has 0 aliphatic rings. The zero-order valence-electron chi connectivity index (χ0n) is 10.5. The first-order chi connectivity index (χ1) is 8.79. The van der Waals surface area contributed by atoms with E-state index in [4.69, 9.17) is 4.74 Å². The molecule has 0 aliphatic heterocycles. The minimum absolute atomic E-state index is 0.402. The third-order valence-electron chi connectivity index (χ3n) is 2.86. The lowest BCUT2D eigenvalue weighted by atomic mass is 10.0. The second kappa shape index (κ2) is 6.57. The monoisotopic (exact) mass is 262 g/mol. The predicted molar refractivity (Wildman–Crippen MR) is 75.2 cm³/mol. The molecule has 0 saturated heterocycles. The molecule has 1 N–H and O–H groups in total. The SMILES string of the molecule is CCOc1ccc(C(O)CCc2ccsc2)cc1. The van der Waals surface area contributed by atoms with Crippen molar-refractivity contribution in [3.63, 3.8) is 0 Å². The van der Waals surface area contributed by atoms with Gasteiger partial charge in [-0.3, -0.25) is 0 Å². The van der Waals surface area contributed by atoms with E-state index in [1.807, 2.05) is 31.2 Å². The van der Waals surface area contributed by atoms with E-state index in [0.29, 0.717) is 6.61 Å². The lowest BCUT2D eigenvalue weighted by Gasteiger charge is -2.11. The second-order valence-electron chi connectivity index (χ2n) is 4.19. The first-order valence-electron chi connectivity index (χ1n) is 6.21. The van der Waals surface area contributed by atoms with Crippen molar-refractivity contribution in [2.24, 2.45) is 0 Å². The number of rotatable bonds is 6. The van der Waals surface area contributed by atoms with Gasteiger partial charge in [0.15, 0.2) is 0 Å². The Morgan fingerprint density at radius 3 is 2.61 bits per heavy atom. The van der Waals surface area contributed by atoms with Crippen molar-refractivity contribution >= 4 is 11.3 Å². The van der Waals surface area contributed by atoms with Crippen LogP contribution in [0.1, 0.15) is 30.6 Å². The first kappa shape index (κ1) is 13.1. The minimum Gasteiger partial charge on any atom is -0.494 e. The number of hydrogen-bond acceptors (Lipinski definition) is 3. The van der Waals surface area contributed by atoms with Crippen LogP contribution in [0.3, 0.4) is 0 Å². The highest BCUT2D eigenvalue weighted by molar-refractivity contribution is 7.07. The Morgan fingerprint density at radius 2 is 2.00 bits per heavy atom. The van der Waals surface area contributed by atoms with Crippen LogP contribution in [0, 0.1) is 0 Å². The summed E-state index contributed by atoms with van der Waals surface area (Å²) in [5.41, 5.74) is 2.25. The Kier molecular flexibility index (Phi) is 4.79. The summed E-state index contributed by atoms with van der Waals surface area (Å²) in [5, 5.41) is 14.3. The van der Waals surface area contributed by atoms with Gasteiger partial charge in [-0.25, -0.2) is 0 Å². The van der Waals surface area contributed by atoms with Crippen molar-refractivity contribution in [1.82, 2.24) is 0 Å². The Hall–Kier alpha value is -1.32. The number of aryl methyl sites for hydroxylation is 1. The number of benzene rings is 1. The largest absolute Gasteiger partial charge is 0.494 e. The van der Waals surface area contributed by atoms with Gasteiger partial charge in [0.25, 0.3) is 0 Å². The Balaban J connectivity index is 1.89. The first-order valence-corrected chi connectivity index (χ1v) is 7.15. The van der Waals surface area contributed by atoms with Crippen LogP contribution in [0.2, 0.25) is 0 Å². The van der Waals surface area contributed by atoms with Crippen molar-refractivity contribution in [3.8, 4) is 5.75 Å². The third kappa shape index (κ3) is 3.59. The van der Waals surface area contributed by atoms with Crippen molar-refractivity contribution in [2.75, 3.05) is 6.61 Å². The van der Waals surface area contributed by atoms with Crippen LogP contribution < -0.4 is 4.74 Å². The molecular weight excluding hydrogens is 244 g/mol. The predicted octanol–water partition coefficient (Wildman–Crippen LogP) is 3.81. The van der Waals surface area contributed by atoms with Crippen LogP contribution in [0.5, 0.6) is 5.75 Å². The summed E-state index contributed by atoms with van der Waals surface area (Å²) in [6, 6.07) is 9.79. The van der Waals surface area contributed by atoms with Gasteiger partial charge < -0.3 is 9.84 Å². The summed E-state index contributed by atoms with van der Waals surface area (Å²) < 4.78 is 5.38. The van der Waals surface area contributed by atoms with E-state index in [0.717, 1.165) is 24.2 Å². The summed E-state index contributed by atoms with van der Waals surface area (Å²) in [7, 11) is 0. The fourth-order valence-electron chi connectivity index (χ4n) is 1.86. The Morgan fingerprint density at radius 1 is 1.22 bits per heavy atom. The van der Waals surface area contributed by atoms with Gasteiger partial charge in [0.05, 0.1) is 12.7 Å². The second-order valence-corrected chi connectivity index (χ2v) is 4.97. The molecule has 1 aromatic heterocycles. The maximum atomic E-state index is 10.1. The van der Waals surface area contributed by atoms with Gasteiger partial charge in [-0.05, 0) is 59.9 Å². The topological polar surface area (TPSA) is 29.5 Å². The van der Waals surface area contributed by atoms with E-state index in [1.165, 1.54) is 5.56 Å². The summed E-state index contributed by atoms with van der Waals surface area (Å²) in [6.07, 6.45) is 1.27. The highest BCUT2D eigenvalue weighted by Crippen LogP contribution is 2.22. The quantitative estimate of drug-likeness (QED) is 0.857. The molecule has 2 aromatic rings. The number of aliphatic hydroxyl groups excluding tert-OH is 1. The minimum atomic E-state index is -0.402. The molecule has 0 bridgehead atoms. The van der Waals surface area contributed by atoms with Crippen LogP contribution in [-0.4, -0.2) is 11.7 Å². The standard InChI is InChI=1S/C15H18O2S/c1-2-17-14-6-4-13(5-7-14)15(16)8-3-12-9-10-18-11-12/h4-7,9-11,15-16H,2-3,8H2,1H3. The van der Waals surface area contributed by atoms with Crippen molar-refractivity contribution in [3.05, 3.63) is 52.2 Å². The molecule has 0 radical (unpaired) electrons. The van der Waals surface area contributed by atoms with Gasteiger partial charge in [-0.15, -0.1) is 0 Å². The fraction of sp³-hybridized carbons (Fsp3) is 0.333. The number of thiophene rings is 1. The van der Waals surface area contributed by atoms with E-state index < -0.39 is 6.10 Å². The summed E-state index contributed by atoms with van der Waals surface area (Å²) >= 11 is 1.70. The number of aliphatic hydroxyl groups is 1. The van der Waals surface area contributed by atoms with Gasteiger partial charge in [0, 0.05) is 0 Å². The van der Waals surface area contributed by atoms with E-state index in [1.54, 1.807) is 11.3 Å². The maximum absolute atomic E-state index is 10.1. The van der Waals surface area contributed by atoms with Gasteiger partial charge in [-0.2, -0.15) is 11.3 Å². The van der Waals surface area contributed by atoms with E-state index in [2.05, 4.69) is 16.8 Å². The zero-order valence-corrected chi connectivity index (χ0v) is 11.3. The van der Waals surface area contributed by atoms with Crippen LogP contribution in [0.4, 0.5) is 0 Å². The van der Waals surface area contributed by atoms with Gasteiger partial charge in [0.2, 0.25) is 0 Å². The Bertz CT molecular complexity index is 448. The van der Waals surface area contributed by atoms with Gasteiger partial charge >= 0.3 is 0 Å². The molecule has 1 aromatic carbocycles. The molecule has 0 saturated carbocycles. The molecule has 0 aliphatic carbocycles. The smallest absolute Gasteiger partial charge is 0.119 e. The molecule has 96 valence electrons. The Labute approximate surface area is 112 Å². The lowest BCUT2D eigenvalue weighted by Crippen LogP contribution is -1.99. The molecule has 3 heteroatoms.